The van der Waals surface area contributed by atoms with Gasteiger partial charge in [-0.3, -0.25) is 9.36 Å². The number of fused-ring (bicyclic) bond motifs is 2. The van der Waals surface area contributed by atoms with Gasteiger partial charge in [-0.2, -0.15) is 0 Å². The van der Waals surface area contributed by atoms with Crippen molar-refractivity contribution in [2.45, 2.75) is 39.0 Å². The Balaban J connectivity index is 1.36. The summed E-state index contributed by atoms with van der Waals surface area (Å²) < 4.78 is 12.9. The number of rotatable bonds is 6. The van der Waals surface area contributed by atoms with Gasteiger partial charge in [0.05, 0.1) is 36.9 Å². The Morgan fingerprint density at radius 2 is 1.94 bits per heavy atom. The van der Waals surface area contributed by atoms with Crippen molar-refractivity contribution < 1.29 is 14.3 Å². The second-order valence-corrected chi connectivity index (χ2v) is 8.70. The van der Waals surface area contributed by atoms with Crippen molar-refractivity contribution in [2.75, 3.05) is 13.7 Å². The second-order valence-electron chi connectivity index (χ2n) is 8.70. The maximum Gasteiger partial charge on any atom is 0.306 e. The molecule has 0 bridgehead atoms. The standard InChI is InChI=1S/C28H28N2O3/c1-18-21(7-6-10-25(18)30-19(2)29-24-8-4-5-9-26(24)30)13-11-20-12-14-23-22(16-28(31)32-3)17-33-27(23)15-20/h4-10,12,14-15,22H,11,13,16-17H2,1-3H3/t22-/m1/s1. The first-order valence-corrected chi connectivity index (χ1v) is 11.4. The quantitative estimate of drug-likeness (QED) is 0.373. The van der Waals surface area contributed by atoms with Gasteiger partial charge >= 0.3 is 5.97 Å². The maximum atomic E-state index is 11.7. The van der Waals surface area contributed by atoms with Gasteiger partial charge in [0.2, 0.25) is 0 Å². The van der Waals surface area contributed by atoms with Crippen LogP contribution < -0.4 is 4.74 Å². The number of aromatic nitrogens is 2. The molecule has 0 spiro atoms. The number of hydrogen-bond acceptors (Lipinski definition) is 4. The Labute approximate surface area is 194 Å². The van der Waals surface area contributed by atoms with Crippen molar-refractivity contribution in [3.63, 3.8) is 0 Å². The van der Waals surface area contributed by atoms with Crippen molar-refractivity contribution in [3.05, 3.63) is 88.7 Å². The lowest BCUT2D eigenvalue weighted by Crippen LogP contribution is -2.09. The van der Waals surface area contributed by atoms with E-state index in [2.05, 4.69) is 73.0 Å². The number of hydrogen-bond donors (Lipinski definition) is 0. The number of esters is 1. The van der Waals surface area contributed by atoms with Crippen molar-refractivity contribution >= 4 is 17.0 Å². The molecule has 1 aromatic heterocycles. The number of nitrogens with zero attached hydrogens (tertiary/aromatic N) is 2. The van der Waals surface area contributed by atoms with Gasteiger partial charge in [0.15, 0.2) is 0 Å². The Morgan fingerprint density at radius 3 is 2.79 bits per heavy atom. The molecule has 1 aliphatic heterocycles. The van der Waals surface area contributed by atoms with Crippen LogP contribution in [0.2, 0.25) is 0 Å². The first-order chi connectivity index (χ1) is 16.0. The predicted octanol–water partition coefficient (Wildman–Crippen LogP) is 5.47. The summed E-state index contributed by atoms with van der Waals surface area (Å²) >= 11 is 0. The van der Waals surface area contributed by atoms with Crippen LogP contribution in [0.3, 0.4) is 0 Å². The van der Waals surface area contributed by atoms with E-state index in [1.54, 1.807) is 0 Å². The third-order valence-corrected chi connectivity index (χ3v) is 6.67. The molecule has 0 N–H and O–H groups in total. The summed E-state index contributed by atoms with van der Waals surface area (Å²) in [5, 5.41) is 0. The van der Waals surface area contributed by atoms with Crippen molar-refractivity contribution in [2.24, 2.45) is 0 Å². The van der Waals surface area contributed by atoms with Gasteiger partial charge in [0, 0.05) is 11.5 Å². The number of para-hydroxylation sites is 2. The lowest BCUT2D eigenvalue weighted by Gasteiger charge is -2.15. The summed E-state index contributed by atoms with van der Waals surface area (Å²) in [6.45, 7) is 4.79. The van der Waals surface area contributed by atoms with E-state index in [1.807, 2.05) is 6.07 Å². The van der Waals surface area contributed by atoms with Crippen LogP contribution in [-0.4, -0.2) is 29.2 Å². The first-order valence-electron chi connectivity index (χ1n) is 11.4. The highest BCUT2D eigenvalue weighted by Crippen LogP contribution is 2.37. The minimum Gasteiger partial charge on any atom is -0.493 e. The van der Waals surface area contributed by atoms with Crippen LogP contribution in [0.15, 0.2) is 60.7 Å². The highest BCUT2D eigenvalue weighted by molar-refractivity contribution is 5.78. The van der Waals surface area contributed by atoms with E-state index in [0.717, 1.165) is 41.0 Å². The van der Waals surface area contributed by atoms with Gasteiger partial charge in [0.1, 0.15) is 11.6 Å². The molecule has 2 heterocycles. The Morgan fingerprint density at radius 1 is 1.09 bits per heavy atom. The number of ether oxygens (including phenoxy) is 2. The lowest BCUT2D eigenvalue weighted by atomic mass is 9.94. The van der Waals surface area contributed by atoms with E-state index in [4.69, 9.17) is 14.5 Å². The number of methoxy groups -OCH3 is 1. The van der Waals surface area contributed by atoms with E-state index in [9.17, 15) is 4.79 Å². The van der Waals surface area contributed by atoms with Crippen molar-refractivity contribution in [1.29, 1.82) is 0 Å². The fourth-order valence-corrected chi connectivity index (χ4v) is 4.84. The molecule has 0 fully saturated rings. The normalized spacial score (nSPS) is 14.8. The van der Waals surface area contributed by atoms with E-state index >= 15 is 0 Å². The predicted molar refractivity (Wildman–Crippen MR) is 129 cm³/mol. The molecule has 0 unspecified atom stereocenters. The molecule has 1 aliphatic rings. The topological polar surface area (TPSA) is 53.4 Å². The maximum absolute atomic E-state index is 11.7. The molecule has 5 heteroatoms. The van der Waals surface area contributed by atoms with Gasteiger partial charge in [-0.25, -0.2) is 4.98 Å². The molecule has 0 radical (unpaired) electrons. The number of aryl methyl sites for hydroxylation is 3. The Kier molecular flexibility index (Phi) is 5.63. The number of imidazole rings is 1. The average molecular weight is 441 g/mol. The zero-order chi connectivity index (χ0) is 22.9. The third-order valence-electron chi connectivity index (χ3n) is 6.67. The molecule has 0 saturated heterocycles. The van der Waals surface area contributed by atoms with Gasteiger partial charge < -0.3 is 9.47 Å². The summed E-state index contributed by atoms with van der Waals surface area (Å²) in [7, 11) is 1.43. The molecule has 0 saturated carbocycles. The molecule has 168 valence electrons. The monoisotopic (exact) mass is 440 g/mol. The van der Waals surface area contributed by atoms with Crippen LogP contribution in [0, 0.1) is 13.8 Å². The van der Waals surface area contributed by atoms with Crippen molar-refractivity contribution in [1.82, 2.24) is 9.55 Å². The zero-order valence-corrected chi connectivity index (χ0v) is 19.3. The molecule has 5 nitrogen and oxygen atoms in total. The van der Waals surface area contributed by atoms with Crippen LogP contribution in [0.1, 0.15) is 40.4 Å². The summed E-state index contributed by atoms with van der Waals surface area (Å²) in [4.78, 5) is 16.4. The van der Waals surface area contributed by atoms with Crippen LogP contribution in [0.5, 0.6) is 5.75 Å². The molecule has 4 aromatic rings. The number of carbonyl (C=O) groups is 1. The zero-order valence-electron chi connectivity index (χ0n) is 19.3. The van der Waals surface area contributed by atoms with Crippen LogP contribution in [0.4, 0.5) is 0 Å². The van der Waals surface area contributed by atoms with Gasteiger partial charge in [0.25, 0.3) is 0 Å². The largest absolute Gasteiger partial charge is 0.493 e. The number of carbonyl (C=O) groups excluding carboxylic acids is 1. The van der Waals surface area contributed by atoms with Crippen molar-refractivity contribution in [3.8, 4) is 11.4 Å². The smallest absolute Gasteiger partial charge is 0.306 e. The molecule has 0 amide bonds. The molecule has 0 aliphatic carbocycles. The Bertz CT molecular complexity index is 1340. The molecular weight excluding hydrogens is 412 g/mol. The minimum absolute atomic E-state index is 0.0775. The van der Waals surface area contributed by atoms with Crippen LogP contribution in [0.25, 0.3) is 16.7 Å². The number of benzene rings is 3. The van der Waals surface area contributed by atoms with E-state index in [-0.39, 0.29) is 11.9 Å². The third kappa shape index (κ3) is 3.99. The van der Waals surface area contributed by atoms with E-state index in [0.29, 0.717) is 13.0 Å². The summed E-state index contributed by atoms with van der Waals surface area (Å²) in [6, 6.07) is 21.2. The SMILES string of the molecule is COC(=O)C[C@@H]1COc2cc(CCc3cccc(-n4c(C)nc5ccccc54)c3C)ccc21. The fraction of sp³-hybridized carbons (Fsp3) is 0.286. The second kappa shape index (κ2) is 8.74. The van der Waals surface area contributed by atoms with Crippen LogP contribution >= 0.6 is 0 Å². The van der Waals surface area contributed by atoms with E-state index < -0.39 is 0 Å². The summed E-state index contributed by atoms with van der Waals surface area (Å²) in [6.07, 6.45) is 2.22. The molecule has 3 aromatic carbocycles. The average Bonchev–Trinajstić information content (AvgIpc) is 3.38. The van der Waals surface area contributed by atoms with Gasteiger partial charge in [-0.15, -0.1) is 0 Å². The minimum atomic E-state index is -0.197. The van der Waals surface area contributed by atoms with Gasteiger partial charge in [-0.1, -0.05) is 36.4 Å². The molecule has 5 rings (SSSR count). The van der Waals surface area contributed by atoms with Crippen LogP contribution in [-0.2, 0) is 22.4 Å². The Hall–Kier alpha value is -3.60. The highest BCUT2D eigenvalue weighted by atomic mass is 16.5. The van der Waals surface area contributed by atoms with Gasteiger partial charge in [-0.05, 0) is 67.6 Å². The fourth-order valence-electron chi connectivity index (χ4n) is 4.84. The molecular formula is C28H28N2O3. The lowest BCUT2D eigenvalue weighted by molar-refractivity contribution is -0.141. The highest BCUT2D eigenvalue weighted by Gasteiger charge is 2.27. The summed E-state index contributed by atoms with van der Waals surface area (Å²) in [5.74, 6) is 1.77. The first kappa shape index (κ1) is 21.3. The molecule has 1 atom stereocenters. The van der Waals surface area contributed by atoms with E-state index in [1.165, 1.54) is 29.5 Å². The molecule has 33 heavy (non-hydrogen) atoms. The summed E-state index contributed by atoms with van der Waals surface area (Å²) in [5.41, 5.74) is 8.28.